The minimum atomic E-state index is -0.389. The van der Waals surface area contributed by atoms with Gasteiger partial charge in [-0.3, -0.25) is 0 Å². The second-order valence-corrected chi connectivity index (χ2v) is 3.38. The molecular formula is C10H14O3. The third kappa shape index (κ3) is 3.03. The SMILES string of the molecule is C=CC(=O)OCC1(C)C=CCOC1. The third-order valence-corrected chi connectivity index (χ3v) is 1.88. The highest BCUT2D eigenvalue weighted by Crippen LogP contribution is 2.22. The lowest BCUT2D eigenvalue weighted by molar-refractivity contribution is -0.141. The van der Waals surface area contributed by atoms with E-state index in [1.54, 1.807) is 0 Å². The van der Waals surface area contributed by atoms with Crippen LogP contribution in [0.2, 0.25) is 0 Å². The van der Waals surface area contributed by atoms with Gasteiger partial charge >= 0.3 is 5.97 Å². The zero-order valence-corrected chi connectivity index (χ0v) is 7.79. The van der Waals surface area contributed by atoms with Crippen molar-refractivity contribution >= 4 is 5.97 Å². The van der Waals surface area contributed by atoms with E-state index in [4.69, 9.17) is 9.47 Å². The molecular weight excluding hydrogens is 168 g/mol. The van der Waals surface area contributed by atoms with Crippen molar-refractivity contribution in [2.45, 2.75) is 6.92 Å². The van der Waals surface area contributed by atoms with E-state index >= 15 is 0 Å². The molecule has 0 amide bonds. The van der Waals surface area contributed by atoms with Gasteiger partial charge in [0.15, 0.2) is 0 Å². The minimum absolute atomic E-state index is 0.184. The molecule has 1 atom stereocenters. The van der Waals surface area contributed by atoms with Gasteiger partial charge in [-0.05, 0) is 0 Å². The van der Waals surface area contributed by atoms with Crippen LogP contribution in [0, 0.1) is 5.41 Å². The van der Waals surface area contributed by atoms with Crippen molar-refractivity contribution < 1.29 is 14.3 Å². The number of carbonyl (C=O) groups is 1. The first-order valence-corrected chi connectivity index (χ1v) is 4.21. The maximum Gasteiger partial charge on any atom is 0.330 e. The van der Waals surface area contributed by atoms with E-state index < -0.39 is 0 Å². The first-order chi connectivity index (χ1) is 6.16. The Bertz CT molecular complexity index is 232. The summed E-state index contributed by atoms with van der Waals surface area (Å²) in [6.45, 7) is 6.89. The standard InChI is InChI=1S/C10H14O3/c1-3-9(11)13-8-10(2)5-4-6-12-7-10/h3-5H,1,6-8H2,2H3. The number of carbonyl (C=O) groups excluding carboxylic acids is 1. The van der Waals surface area contributed by atoms with Crippen molar-refractivity contribution in [3.8, 4) is 0 Å². The van der Waals surface area contributed by atoms with Crippen molar-refractivity contribution in [1.82, 2.24) is 0 Å². The quantitative estimate of drug-likeness (QED) is 0.375. The van der Waals surface area contributed by atoms with Gasteiger partial charge in [-0.2, -0.15) is 0 Å². The fourth-order valence-electron chi connectivity index (χ4n) is 1.13. The lowest BCUT2D eigenvalue weighted by Crippen LogP contribution is -2.30. The molecule has 1 aliphatic rings. The normalized spacial score (nSPS) is 26.8. The summed E-state index contributed by atoms with van der Waals surface area (Å²) < 4.78 is 10.2. The van der Waals surface area contributed by atoms with E-state index in [1.165, 1.54) is 0 Å². The zero-order valence-electron chi connectivity index (χ0n) is 7.79. The van der Waals surface area contributed by atoms with Gasteiger partial charge in [0.2, 0.25) is 0 Å². The van der Waals surface area contributed by atoms with Crippen molar-refractivity contribution in [1.29, 1.82) is 0 Å². The molecule has 0 aliphatic carbocycles. The molecule has 0 fully saturated rings. The molecule has 1 heterocycles. The molecule has 3 nitrogen and oxygen atoms in total. The van der Waals surface area contributed by atoms with E-state index in [1.807, 2.05) is 19.1 Å². The monoisotopic (exact) mass is 182 g/mol. The fraction of sp³-hybridized carbons (Fsp3) is 0.500. The van der Waals surface area contributed by atoms with E-state index in [0.717, 1.165) is 6.08 Å². The van der Waals surface area contributed by atoms with Crippen LogP contribution in [0.15, 0.2) is 24.8 Å². The smallest absolute Gasteiger partial charge is 0.330 e. The highest BCUT2D eigenvalue weighted by atomic mass is 16.5. The van der Waals surface area contributed by atoms with Gasteiger partial charge in [-0.1, -0.05) is 25.7 Å². The van der Waals surface area contributed by atoms with Crippen LogP contribution in [0.25, 0.3) is 0 Å². The van der Waals surface area contributed by atoms with Crippen LogP contribution >= 0.6 is 0 Å². The lowest BCUT2D eigenvalue weighted by Gasteiger charge is -2.27. The van der Waals surface area contributed by atoms with Crippen molar-refractivity contribution in [3.05, 3.63) is 24.8 Å². The van der Waals surface area contributed by atoms with Crippen LogP contribution < -0.4 is 0 Å². The summed E-state index contributed by atoms with van der Waals surface area (Å²) in [7, 11) is 0. The molecule has 0 spiro atoms. The number of hydrogen-bond donors (Lipinski definition) is 0. The Labute approximate surface area is 78.0 Å². The molecule has 0 bridgehead atoms. The first kappa shape index (κ1) is 9.99. The molecule has 1 unspecified atom stereocenters. The Morgan fingerprint density at radius 3 is 3.15 bits per heavy atom. The Morgan fingerprint density at radius 2 is 2.62 bits per heavy atom. The topological polar surface area (TPSA) is 35.5 Å². The van der Waals surface area contributed by atoms with Crippen LogP contribution in [0.5, 0.6) is 0 Å². The average molecular weight is 182 g/mol. The summed E-state index contributed by atoms with van der Waals surface area (Å²) in [5, 5.41) is 0. The second kappa shape index (κ2) is 4.23. The molecule has 0 aromatic carbocycles. The Kier molecular flexibility index (Phi) is 3.25. The van der Waals surface area contributed by atoms with Gasteiger partial charge in [0.05, 0.1) is 13.2 Å². The number of esters is 1. The molecule has 0 N–H and O–H groups in total. The highest BCUT2D eigenvalue weighted by Gasteiger charge is 2.25. The Balaban J connectivity index is 2.42. The van der Waals surface area contributed by atoms with Crippen LogP contribution in [0.3, 0.4) is 0 Å². The van der Waals surface area contributed by atoms with Gasteiger partial charge in [0, 0.05) is 11.5 Å². The zero-order chi connectivity index (χ0) is 9.73. The Hall–Kier alpha value is -1.09. The van der Waals surface area contributed by atoms with E-state index in [0.29, 0.717) is 19.8 Å². The molecule has 0 saturated heterocycles. The molecule has 0 aromatic rings. The van der Waals surface area contributed by atoms with E-state index in [2.05, 4.69) is 6.58 Å². The largest absolute Gasteiger partial charge is 0.462 e. The maximum absolute atomic E-state index is 10.8. The minimum Gasteiger partial charge on any atom is -0.462 e. The molecule has 72 valence electrons. The second-order valence-electron chi connectivity index (χ2n) is 3.38. The van der Waals surface area contributed by atoms with Gasteiger partial charge in [-0.15, -0.1) is 0 Å². The van der Waals surface area contributed by atoms with Gasteiger partial charge in [-0.25, -0.2) is 4.79 Å². The van der Waals surface area contributed by atoms with Gasteiger partial charge in [0.25, 0.3) is 0 Å². The van der Waals surface area contributed by atoms with Crippen LogP contribution in [0.1, 0.15) is 6.92 Å². The third-order valence-electron chi connectivity index (χ3n) is 1.88. The highest BCUT2D eigenvalue weighted by molar-refractivity contribution is 5.81. The predicted molar refractivity (Wildman–Crippen MR) is 49.2 cm³/mol. The molecule has 13 heavy (non-hydrogen) atoms. The predicted octanol–water partition coefficient (Wildman–Crippen LogP) is 1.31. The summed E-state index contributed by atoms with van der Waals surface area (Å²) in [4.78, 5) is 10.8. The van der Waals surface area contributed by atoms with Gasteiger partial charge < -0.3 is 9.47 Å². The van der Waals surface area contributed by atoms with Crippen molar-refractivity contribution in [2.24, 2.45) is 5.41 Å². The molecule has 0 saturated carbocycles. The summed E-state index contributed by atoms with van der Waals surface area (Å²) in [6.07, 6.45) is 5.12. The van der Waals surface area contributed by atoms with Crippen LogP contribution in [0.4, 0.5) is 0 Å². The van der Waals surface area contributed by atoms with Crippen molar-refractivity contribution in [3.63, 3.8) is 0 Å². The summed E-state index contributed by atoms with van der Waals surface area (Å²) in [5.74, 6) is -0.389. The average Bonchev–Trinajstić information content (AvgIpc) is 2.15. The Morgan fingerprint density at radius 1 is 1.85 bits per heavy atom. The molecule has 0 radical (unpaired) electrons. The molecule has 1 rings (SSSR count). The van der Waals surface area contributed by atoms with E-state index in [-0.39, 0.29) is 11.4 Å². The molecule has 3 heteroatoms. The fourth-order valence-corrected chi connectivity index (χ4v) is 1.13. The number of ether oxygens (including phenoxy) is 2. The summed E-state index contributed by atoms with van der Waals surface area (Å²) in [5.41, 5.74) is -0.184. The molecule has 0 aromatic heterocycles. The first-order valence-electron chi connectivity index (χ1n) is 4.21. The number of rotatable bonds is 3. The summed E-state index contributed by atoms with van der Waals surface area (Å²) in [6, 6.07) is 0. The van der Waals surface area contributed by atoms with E-state index in [9.17, 15) is 4.79 Å². The van der Waals surface area contributed by atoms with Crippen LogP contribution in [-0.2, 0) is 14.3 Å². The lowest BCUT2D eigenvalue weighted by atomic mass is 9.91. The molecule has 1 aliphatic heterocycles. The van der Waals surface area contributed by atoms with Crippen LogP contribution in [-0.4, -0.2) is 25.8 Å². The van der Waals surface area contributed by atoms with Crippen molar-refractivity contribution in [2.75, 3.05) is 19.8 Å². The summed E-state index contributed by atoms with van der Waals surface area (Å²) >= 11 is 0. The number of hydrogen-bond acceptors (Lipinski definition) is 3. The van der Waals surface area contributed by atoms with Gasteiger partial charge in [0.1, 0.15) is 6.61 Å². The maximum atomic E-state index is 10.8.